The molecular weight excluding hydrogens is 226 g/mol. The highest BCUT2D eigenvalue weighted by Gasteiger charge is 2.18. The lowest BCUT2D eigenvalue weighted by Crippen LogP contribution is -2.16. The van der Waals surface area contributed by atoms with Gasteiger partial charge < -0.3 is 0 Å². The number of allylic oxidation sites excluding steroid dienone is 1. The number of rotatable bonds is 2. The zero-order chi connectivity index (χ0) is 13.2. The van der Waals surface area contributed by atoms with E-state index in [0.29, 0.717) is 5.78 Å². The molecule has 0 radical (unpaired) electrons. The van der Waals surface area contributed by atoms with Crippen LogP contribution in [0.2, 0.25) is 0 Å². The van der Waals surface area contributed by atoms with Crippen molar-refractivity contribution in [3.05, 3.63) is 42.0 Å². The molecule has 2 rings (SSSR count). The molecule has 0 aromatic heterocycles. The standard InChI is InChI=1S/C14H16O.H2N3/c15-14-9-5-4-8-13(14)11-10-12-6-2-1-3-7-12;1-3-2/h1-3,6-7,10-11,13H,4-5,8-9H2;1-2H/q;+1. The van der Waals surface area contributed by atoms with Gasteiger partial charge in [0.25, 0.3) is 0 Å². The highest BCUT2D eigenvalue weighted by atomic mass is 16.1. The molecule has 0 amide bonds. The Kier molecular flexibility index (Phi) is 6.30. The molecule has 4 heteroatoms. The minimum atomic E-state index is 0.166. The minimum absolute atomic E-state index is 0.166. The SMILES string of the molecule is N=[N+]=N.O=C1CCCCC1C=Cc1ccccc1. The molecule has 1 aliphatic rings. The second-order valence-corrected chi connectivity index (χ2v) is 4.20. The number of ketones is 1. The van der Waals surface area contributed by atoms with Gasteiger partial charge in [0.05, 0.1) is 0 Å². The topological polar surface area (TPSA) is 78.9 Å². The van der Waals surface area contributed by atoms with Gasteiger partial charge in [-0.25, -0.2) is 0 Å². The Labute approximate surface area is 107 Å². The lowest BCUT2D eigenvalue weighted by molar-refractivity contribution is -0.122. The molecule has 1 aromatic rings. The maximum atomic E-state index is 11.6. The van der Waals surface area contributed by atoms with Crippen LogP contribution in [0.3, 0.4) is 0 Å². The van der Waals surface area contributed by atoms with Crippen molar-refractivity contribution in [3.8, 4) is 0 Å². The van der Waals surface area contributed by atoms with Crippen LogP contribution in [0.5, 0.6) is 0 Å². The molecule has 0 spiro atoms. The quantitative estimate of drug-likeness (QED) is 0.605. The molecule has 1 atom stereocenters. The highest BCUT2D eigenvalue weighted by Crippen LogP contribution is 2.22. The van der Waals surface area contributed by atoms with Crippen molar-refractivity contribution < 1.29 is 4.79 Å². The largest absolute Gasteiger partial charge is 0.299 e. The van der Waals surface area contributed by atoms with Crippen molar-refractivity contribution in [2.75, 3.05) is 0 Å². The Hall–Kier alpha value is -2.06. The predicted octanol–water partition coefficient (Wildman–Crippen LogP) is 3.57. The Balaban J connectivity index is 0.000000492. The zero-order valence-electron chi connectivity index (χ0n) is 10.3. The van der Waals surface area contributed by atoms with Crippen molar-refractivity contribution >= 4 is 11.9 Å². The summed E-state index contributed by atoms with van der Waals surface area (Å²) in [4.78, 5) is 13.6. The summed E-state index contributed by atoms with van der Waals surface area (Å²) in [5.41, 5.74) is 12.2. The van der Waals surface area contributed by atoms with Gasteiger partial charge in [0, 0.05) is 12.3 Å². The van der Waals surface area contributed by atoms with Crippen LogP contribution in [0.25, 0.3) is 6.08 Å². The fourth-order valence-electron chi connectivity index (χ4n) is 2.00. The van der Waals surface area contributed by atoms with E-state index < -0.39 is 0 Å². The fraction of sp³-hybridized carbons (Fsp3) is 0.357. The molecule has 2 N–H and O–H groups in total. The number of carbonyl (C=O) groups excluding carboxylic acids is 1. The second-order valence-electron chi connectivity index (χ2n) is 4.20. The van der Waals surface area contributed by atoms with Gasteiger partial charge >= 0.3 is 0 Å². The molecule has 1 unspecified atom stereocenters. The van der Waals surface area contributed by atoms with Crippen LogP contribution in [-0.4, -0.2) is 5.78 Å². The average molecular weight is 244 g/mol. The van der Waals surface area contributed by atoms with E-state index in [4.69, 9.17) is 11.1 Å². The molecule has 0 bridgehead atoms. The minimum Gasteiger partial charge on any atom is -0.299 e. The molecule has 0 saturated heterocycles. The smallest absolute Gasteiger partial charge is 0.211 e. The summed E-state index contributed by atoms with van der Waals surface area (Å²) in [5, 5.41) is 0. The van der Waals surface area contributed by atoms with Gasteiger partial charge in [-0.05, 0) is 18.4 Å². The third kappa shape index (κ3) is 4.85. The predicted molar refractivity (Wildman–Crippen MR) is 70.0 cm³/mol. The molecule has 0 aliphatic heterocycles. The van der Waals surface area contributed by atoms with E-state index in [1.54, 1.807) is 0 Å². The first-order chi connectivity index (χ1) is 8.77. The Morgan fingerprint density at radius 1 is 1.17 bits per heavy atom. The van der Waals surface area contributed by atoms with Gasteiger partial charge in [-0.3, -0.25) is 4.79 Å². The van der Waals surface area contributed by atoms with Crippen molar-refractivity contribution in [3.63, 3.8) is 0 Å². The van der Waals surface area contributed by atoms with Crippen LogP contribution in [0.1, 0.15) is 31.2 Å². The summed E-state index contributed by atoms with van der Waals surface area (Å²) < 4.78 is 0. The van der Waals surface area contributed by atoms with E-state index in [-0.39, 0.29) is 5.92 Å². The molecule has 1 saturated carbocycles. The van der Waals surface area contributed by atoms with Crippen LogP contribution >= 0.6 is 0 Å². The fourth-order valence-corrected chi connectivity index (χ4v) is 2.00. The first kappa shape index (κ1) is 14.0. The van der Waals surface area contributed by atoms with E-state index in [1.807, 2.05) is 23.1 Å². The number of carbonyl (C=O) groups is 1. The summed E-state index contributed by atoms with van der Waals surface area (Å²) in [6.07, 6.45) is 8.20. The summed E-state index contributed by atoms with van der Waals surface area (Å²) in [5.74, 6) is 0.576. The lowest BCUT2D eigenvalue weighted by Gasteiger charge is -2.16. The molecule has 1 fully saturated rings. The van der Waals surface area contributed by atoms with Crippen LogP contribution < -0.4 is 4.91 Å². The Bertz CT molecular complexity index is 434. The number of hydrogen-bond acceptors (Lipinski definition) is 3. The third-order valence-electron chi connectivity index (χ3n) is 2.92. The van der Waals surface area contributed by atoms with Crippen LogP contribution in [-0.2, 0) is 4.79 Å². The van der Waals surface area contributed by atoms with Gasteiger partial charge in [-0.15, -0.1) is 0 Å². The van der Waals surface area contributed by atoms with E-state index in [2.05, 4.69) is 24.3 Å². The van der Waals surface area contributed by atoms with Gasteiger partial charge in [-0.1, -0.05) is 48.9 Å². The van der Waals surface area contributed by atoms with Crippen LogP contribution in [0.15, 0.2) is 36.4 Å². The van der Waals surface area contributed by atoms with Crippen molar-refractivity contribution in [2.45, 2.75) is 25.7 Å². The van der Waals surface area contributed by atoms with Crippen LogP contribution in [0, 0.1) is 17.0 Å². The molecule has 0 heterocycles. The number of Topliss-reactive ketones (excluding diaryl/α,β-unsaturated/α-hetero) is 1. The van der Waals surface area contributed by atoms with E-state index in [1.165, 1.54) is 12.0 Å². The molecule has 18 heavy (non-hydrogen) atoms. The van der Waals surface area contributed by atoms with E-state index in [9.17, 15) is 4.79 Å². The maximum absolute atomic E-state index is 11.6. The number of nitrogens with zero attached hydrogens (tertiary/aromatic N) is 1. The van der Waals surface area contributed by atoms with Crippen LogP contribution in [0.4, 0.5) is 0 Å². The summed E-state index contributed by atoms with van der Waals surface area (Å²) in [6, 6.07) is 10.2. The molecular formula is C14H18N3O+. The monoisotopic (exact) mass is 244 g/mol. The second kappa shape index (κ2) is 8.09. The van der Waals surface area contributed by atoms with E-state index in [0.717, 1.165) is 19.3 Å². The Morgan fingerprint density at radius 2 is 1.83 bits per heavy atom. The van der Waals surface area contributed by atoms with Gasteiger partial charge in [0.2, 0.25) is 4.91 Å². The summed E-state index contributed by atoms with van der Waals surface area (Å²) >= 11 is 0. The molecule has 94 valence electrons. The van der Waals surface area contributed by atoms with Crippen molar-refractivity contribution in [2.24, 2.45) is 5.92 Å². The molecule has 1 aromatic carbocycles. The normalized spacial score (nSPS) is 18.9. The first-order valence-corrected chi connectivity index (χ1v) is 6.07. The van der Waals surface area contributed by atoms with Gasteiger partial charge in [0.15, 0.2) is 0 Å². The first-order valence-electron chi connectivity index (χ1n) is 6.07. The molecule has 1 aliphatic carbocycles. The number of benzene rings is 1. The van der Waals surface area contributed by atoms with Gasteiger partial charge in [0.1, 0.15) is 16.8 Å². The van der Waals surface area contributed by atoms with E-state index >= 15 is 0 Å². The number of hydrogen-bond donors (Lipinski definition) is 2. The third-order valence-corrected chi connectivity index (χ3v) is 2.92. The van der Waals surface area contributed by atoms with Crippen molar-refractivity contribution in [1.82, 2.24) is 4.91 Å². The Morgan fingerprint density at radius 3 is 2.44 bits per heavy atom. The zero-order valence-corrected chi connectivity index (χ0v) is 10.3. The molecule has 4 nitrogen and oxygen atoms in total. The highest BCUT2D eigenvalue weighted by molar-refractivity contribution is 5.84. The number of nitrogens with one attached hydrogen (secondary N) is 2. The van der Waals surface area contributed by atoms with Crippen molar-refractivity contribution in [1.29, 1.82) is 11.1 Å². The summed E-state index contributed by atoms with van der Waals surface area (Å²) in [7, 11) is 0. The lowest BCUT2D eigenvalue weighted by atomic mass is 9.87. The van der Waals surface area contributed by atoms with Gasteiger partial charge in [-0.2, -0.15) is 0 Å². The summed E-state index contributed by atoms with van der Waals surface area (Å²) in [6.45, 7) is 0. The maximum Gasteiger partial charge on any atom is 0.211 e. The average Bonchev–Trinajstić information content (AvgIpc) is 2.40.